The Morgan fingerprint density at radius 2 is 0.611 bits per heavy atom. The Balaban J connectivity index is 0.000000257. The van der Waals surface area contributed by atoms with E-state index in [1.165, 1.54) is 60.8 Å². The maximum atomic E-state index is 14.0. The van der Waals surface area contributed by atoms with Crippen molar-refractivity contribution in [3.05, 3.63) is 273 Å². The Morgan fingerprint density at radius 1 is 0.356 bits per heavy atom. The largest absolute Gasteiger partial charge is 2.00 e. The van der Waals surface area contributed by atoms with Crippen molar-refractivity contribution in [1.82, 2.24) is 20.4 Å². The van der Waals surface area contributed by atoms with E-state index in [2.05, 4.69) is 237 Å². The van der Waals surface area contributed by atoms with Gasteiger partial charge in [0.15, 0.2) is 0 Å². The zero-order valence-corrected chi connectivity index (χ0v) is 62.3. The molecule has 90 heavy (non-hydrogen) atoms. The van der Waals surface area contributed by atoms with Crippen LogP contribution in [0.5, 0.6) is 11.5 Å². The second-order valence-corrected chi connectivity index (χ2v) is 26.9. The van der Waals surface area contributed by atoms with Crippen molar-refractivity contribution in [2.75, 3.05) is 28.2 Å². The number of hydrogen-bond acceptors (Lipinski definition) is 8. The van der Waals surface area contributed by atoms with Gasteiger partial charge in [-0.05, 0) is 110 Å². The summed E-state index contributed by atoms with van der Waals surface area (Å²) in [6, 6.07) is 71.2. The first-order chi connectivity index (χ1) is 42.1. The average Bonchev–Trinajstić information content (AvgIpc) is 0.844. The van der Waals surface area contributed by atoms with Gasteiger partial charge in [0, 0.05) is 58.9 Å². The second-order valence-electron chi connectivity index (χ2n) is 26.9. The average molecular weight is 1310 g/mol. The molecule has 2 fully saturated rings. The molecule has 10 heteroatoms. The van der Waals surface area contributed by atoms with E-state index in [1.54, 1.807) is 0 Å². The summed E-state index contributed by atoms with van der Waals surface area (Å²) in [5.41, 5.74) is 11.2. The van der Waals surface area contributed by atoms with Gasteiger partial charge in [0.1, 0.15) is 0 Å². The van der Waals surface area contributed by atoms with Gasteiger partial charge in [-0.15, -0.1) is 24.7 Å². The summed E-state index contributed by atoms with van der Waals surface area (Å²) in [5, 5.41) is 56.0. The molecular weight excluding hydrogens is 1210 g/mol. The Labute approximate surface area is 567 Å². The van der Waals surface area contributed by atoms with Crippen molar-refractivity contribution in [3.63, 3.8) is 0 Å². The summed E-state index contributed by atoms with van der Waals surface area (Å²) in [6.45, 7) is 18.8. The quantitative estimate of drug-likeness (QED) is 0.0815. The molecule has 0 heterocycles. The van der Waals surface area contributed by atoms with Crippen LogP contribution in [0.1, 0.15) is 174 Å². The predicted octanol–water partition coefficient (Wildman–Crippen LogP) is 13.8. The van der Waals surface area contributed by atoms with Crippen LogP contribution < -0.4 is 31.1 Å². The number of hydrogen-bond donors (Lipinski definition) is 2. The second kappa shape index (κ2) is 35.4. The third kappa shape index (κ3) is 19.7. The van der Waals surface area contributed by atoms with Gasteiger partial charge in [-0.2, -0.15) is 0 Å². The topological polar surface area (TPSA) is 123 Å². The third-order valence-electron chi connectivity index (χ3n) is 19.0. The van der Waals surface area contributed by atoms with Crippen molar-refractivity contribution in [1.29, 1.82) is 0 Å². The monoisotopic (exact) mass is 1310 g/mol. The molecule has 2 saturated carbocycles. The van der Waals surface area contributed by atoms with E-state index in [-0.39, 0.29) is 74.5 Å². The van der Waals surface area contributed by atoms with Crippen molar-refractivity contribution in [3.8, 4) is 11.5 Å². The predicted molar refractivity (Wildman–Crippen MR) is 359 cm³/mol. The molecule has 2 aliphatic rings. The number of likely N-dealkylation sites (N-methyl/N-ethyl adjacent to an activating group) is 2. The van der Waals surface area contributed by atoms with Gasteiger partial charge in [0.25, 0.3) is 0 Å². The fraction of sp³-hybridized carbons (Fsp3) is 0.400. The van der Waals surface area contributed by atoms with Crippen LogP contribution in [0, 0.1) is 0 Å². The van der Waals surface area contributed by atoms with Crippen LogP contribution >= 0.6 is 0 Å². The smallest absolute Gasteiger partial charge is 0.872 e. The van der Waals surface area contributed by atoms with Gasteiger partial charge < -0.3 is 40.9 Å². The van der Waals surface area contributed by atoms with E-state index in [9.17, 15) is 20.4 Å². The van der Waals surface area contributed by atoms with E-state index in [0.29, 0.717) is 37.3 Å². The molecule has 2 aliphatic carbocycles. The van der Waals surface area contributed by atoms with Crippen molar-refractivity contribution < 1.29 is 59.4 Å². The van der Waals surface area contributed by atoms with Crippen molar-refractivity contribution in [2.45, 2.75) is 179 Å². The molecule has 0 spiro atoms. The van der Waals surface area contributed by atoms with Crippen LogP contribution in [0.25, 0.3) is 0 Å². The molecule has 0 bridgehead atoms. The molecule has 468 valence electrons. The first-order valence-electron chi connectivity index (χ1n) is 32.1. The van der Waals surface area contributed by atoms with E-state index in [1.807, 2.05) is 72.8 Å². The summed E-state index contributed by atoms with van der Waals surface area (Å²) in [5.74, 6) is 0.336. The number of nitrogens with one attached hydrogen (secondary N) is 2. The van der Waals surface area contributed by atoms with Crippen molar-refractivity contribution in [2.24, 2.45) is 0 Å². The molecule has 0 amide bonds. The van der Waals surface area contributed by atoms with Gasteiger partial charge in [0.2, 0.25) is 0 Å². The molecule has 0 aromatic heterocycles. The van der Waals surface area contributed by atoms with E-state index >= 15 is 0 Å². The SMILES string of the molecule is CN(C)[C@@H]1CCCC[C@H]1NCc1cc(C(C)(C)c2ccccc2)cc(C(C)(C)c2ccccc2)c1[O-].CN(C)[C@H]1CCCC[C@@H]1NCc1cc(C(C)(C)c2ccccc2)cc(C(C)(C)c2ccccc2)c1[O-].[O-]Cc1ccccc1.[O-]Cc1ccccc1.[Zn+2].[Zn+2]. The molecular formula is C80H100N4O4Zn2. The van der Waals surface area contributed by atoms with Gasteiger partial charge in [-0.1, -0.05) is 298 Å². The van der Waals surface area contributed by atoms with Crippen molar-refractivity contribution >= 4 is 0 Å². The molecule has 2 N–H and O–H groups in total. The summed E-state index contributed by atoms with van der Waals surface area (Å²) in [4.78, 5) is 4.68. The van der Waals surface area contributed by atoms with E-state index < -0.39 is 10.8 Å². The number of nitrogens with zero attached hydrogens (tertiary/aromatic N) is 2. The van der Waals surface area contributed by atoms with Crippen LogP contribution in [-0.4, -0.2) is 62.2 Å². The molecule has 0 aliphatic heterocycles. The zero-order chi connectivity index (χ0) is 63.5. The first-order valence-corrected chi connectivity index (χ1v) is 32.1. The van der Waals surface area contributed by atoms with Gasteiger partial charge in [-0.3, -0.25) is 0 Å². The van der Waals surface area contributed by atoms with E-state index in [4.69, 9.17) is 0 Å². The number of rotatable bonds is 18. The minimum Gasteiger partial charge on any atom is -0.872 e. The van der Waals surface area contributed by atoms with Crippen LogP contribution in [0.15, 0.2) is 206 Å². The van der Waals surface area contributed by atoms with Gasteiger partial charge in [0.05, 0.1) is 0 Å². The Morgan fingerprint density at radius 3 is 0.867 bits per heavy atom. The maximum absolute atomic E-state index is 14.0. The summed E-state index contributed by atoms with van der Waals surface area (Å²) in [6.07, 6.45) is 9.81. The number of benzene rings is 8. The summed E-state index contributed by atoms with van der Waals surface area (Å²) < 4.78 is 0. The Hall–Kier alpha value is -5.63. The fourth-order valence-corrected chi connectivity index (χ4v) is 12.9. The van der Waals surface area contributed by atoms with Crippen LogP contribution in [0.4, 0.5) is 0 Å². The van der Waals surface area contributed by atoms with Gasteiger partial charge >= 0.3 is 39.0 Å². The third-order valence-corrected chi connectivity index (χ3v) is 19.0. The van der Waals surface area contributed by atoms with Crippen LogP contribution in [0.2, 0.25) is 0 Å². The minimum absolute atomic E-state index is 0. The molecule has 0 radical (unpaired) electrons. The standard InChI is InChI=1S/2C33H44N2O.2C7H7O.2Zn/c2*1-32(2,25-15-9-7-10-16-25)27-21-24(23-34-29-19-13-14-20-30(29)35(5)6)31(36)28(22-27)33(3,4)26-17-11-8-12-18-26;2*8-6-7-4-2-1-3-5-7;;/h2*7-12,15-18,21-22,29-30,34,36H,13-14,19-20,23H2,1-6H3;2*1-5H,6H2;;/q;;2*-1;2*+2/p-2/t2*29-,30-;;;;/m10..../s1. The Bertz CT molecular complexity index is 3100. The first kappa shape index (κ1) is 75.1. The van der Waals surface area contributed by atoms with Crippen LogP contribution in [0.3, 0.4) is 0 Å². The summed E-state index contributed by atoms with van der Waals surface area (Å²) >= 11 is 0. The molecule has 8 aromatic carbocycles. The molecule has 4 atom stereocenters. The molecule has 10 rings (SSSR count). The van der Waals surface area contributed by atoms with E-state index in [0.717, 1.165) is 57.3 Å². The molecule has 8 aromatic rings. The fourth-order valence-electron chi connectivity index (χ4n) is 12.9. The van der Waals surface area contributed by atoms with Gasteiger partial charge in [-0.25, -0.2) is 0 Å². The minimum atomic E-state index is -0.396. The molecule has 0 unspecified atom stereocenters. The molecule has 8 nitrogen and oxygen atoms in total. The zero-order valence-electron chi connectivity index (χ0n) is 56.4. The maximum Gasteiger partial charge on any atom is 2.00 e. The Kier molecular flexibility index (Phi) is 29.6. The normalized spacial score (nSPS) is 16.8. The van der Waals surface area contributed by atoms with Crippen LogP contribution in [-0.2, 0) is 86.9 Å². The molecule has 0 saturated heterocycles. The summed E-state index contributed by atoms with van der Waals surface area (Å²) in [7, 11) is 8.70.